The van der Waals surface area contributed by atoms with E-state index >= 15 is 0 Å². The lowest BCUT2D eigenvalue weighted by Crippen LogP contribution is -2.12. The van der Waals surface area contributed by atoms with Crippen LogP contribution in [0.25, 0.3) is 11.3 Å². The molecule has 0 amide bonds. The van der Waals surface area contributed by atoms with Crippen LogP contribution in [-0.4, -0.2) is 18.6 Å². The van der Waals surface area contributed by atoms with Crippen LogP contribution < -0.4 is 10.1 Å². The monoisotopic (exact) mass is 256 g/mol. The Labute approximate surface area is 114 Å². The molecule has 0 unspecified atom stereocenters. The molecule has 1 N–H and O–H groups in total. The summed E-state index contributed by atoms with van der Waals surface area (Å²) in [6.07, 6.45) is 1.80. The van der Waals surface area contributed by atoms with E-state index in [0.29, 0.717) is 0 Å². The molecule has 0 aliphatic heterocycles. The number of pyridine rings is 1. The maximum Gasteiger partial charge on any atom is 0.145 e. The molecular formula is C16H20N2O. The minimum Gasteiger partial charge on any atom is -0.494 e. The van der Waals surface area contributed by atoms with Crippen LogP contribution >= 0.6 is 0 Å². The quantitative estimate of drug-likeness (QED) is 0.892. The molecular weight excluding hydrogens is 236 g/mol. The van der Waals surface area contributed by atoms with Crippen molar-refractivity contribution >= 4 is 0 Å². The Morgan fingerprint density at radius 1 is 1.26 bits per heavy atom. The summed E-state index contributed by atoms with van der Waals surface area (Å²) in [7, 11) is 1.68. The van der Waals surface area contributed by atoms with E-state index < -0.39 is 0 Å². The molecule has 1 aromatic carbocycles. The minimum atomic E-state index is 0.811. The van der Waals surface area contributed by atoms with E-state index in [0.717, 1.165) is 30.1 Å². The number of ether oxygens (including phenoxy) is 1. The van der Waals surface area contributed by atoms with Gasteiger partial charge in [0, 0.05) is 18.3 Å². The fourth-order valence-corrected chi connectivity index (χ4v) is 2.08. The fourth-order valence-electron chi connectivity index (χ4n) is 2.08. The first-order valence-corrected chi connectivity index (χ1v) is 6.56. The van der Waals surface area contributed by atoms with Crippen molar-refractivity contribution in [2.45, 2.75) is 20.4 Å². The second-order valence-corrected chi connectivity index (χ2v) is 4.50. The molecule has 0 radical (unpaired) electrons. The van der Waals surface area contributed by atoms with Crippen LogP contribution in [0.5, 0.6) is 5.75 Å². The van der Waals surface area contributed by atoms with E-state index in [1.165, 1.54) is 11.1 Å². The number of nitrogens with zero attached hydrogens (tertiary/aromatic N) is 1. The molecule has 0 atom stereocenters. The van der Waals surface area contributed by atoms with Gasteiger partial charge in [0.2, 0.25) is 0 Å². The predicted octanol–water partition coefficient (Wildman–Crippen LogP) is 3.18. The minimum absolute atomic E-state index is 0.811. The molecule has 0 aliphatic carbocycles. The first-order chi connectivity index (χ1) is 9.26. The van der Waals surface area contributed by atoms with E-state index in [2.05, 4.69) is 42.3 Å². The average Bonchev–Trinajstić information content (AvgIpc) is 2.46. The van der Waals surface area contributed by atoms with Gasteiger partial charge in [0.15, 0.2) is 0 Å². The van der Waals surface area contributed by atoms with Gasteiger partial charge < -0.3 is 10.1 Å². The molecule has 1 heterocycles. The average molecular weight is 256 g/mol. The molecule has 0 spiro atoms. The fraction of sp³-hybridized carbons (Fsp3) is 0.312. The van der Waals surface area contributed by atoms with E-state index in [1.54, 1.807) is 13.3 Å². The second kappa shape index (κ2) is 6.34. The normalized spacial score (nSPS) is 10.5. The highest BCUT2D eigenvalue weighted by molar-refractivity contribution is 5.70. The van der Waals surface area contributed by atoms with Gasteiger partial charge in [-0.15, -0.1) is 0 Å². The molecule has 0 saturated heterocycles. The SMILES string of the molecule is CCNCc1ccc(C)cc1-c1ncccc1OC. The van der Waals surface area contributed by atoms with Crippen molar-refractivity contribution < 1.29 is 4.74 Å². The largest absolute Gasteiger partial charge is 0.494 e. The molecule has 0 fully saturated rings. The lowest BCUT2D eigenvalue weighted by molar-refractivity contribution is 0.415. The Hall–Kier alpha value is -1.87. The summed E-state index contributed by atoms with van der Waals surface area (Å²) in [6, 6.07) is 10.3. The second-order valence-electron chi connectivity index (χ2n) is 4.50. The number of benzene rings is 1. The number of nitrogens with one attached hydrogen (secondary N) is 1. The molecule has 0 aliphatic rings. The third-order valence-corrected chi connectivity index (χ3v) is 3.08. The Kier molecular flexibility index (Phi) is 4.53. The summed E-state index contributed by atoms with van der Waals surface area (Å²) in [5.41, 5.74) is 4.51. The molecule has 1 aromatic heterocycles. The van der Waals surface area contributed by atoms with Crippen molar-refractivity contribution in [2.24, 2.45) is 0 Å². The van der Waals surface area contributed by atoms with Crippen molar-refractivity contribution in [1.29, 1.82) is 0 Å². The van der Waals surface area contributed by atoms with Gasteiger partial charge in [-0.1, -0.05) is 24.6 Å². The maximum atomic E-state index is 5.42. The van der Waals surface area contributed by atoms with E-state index in [9.17, 15) is 0 Å². The van der Waals surface area contributed by atoms with Crippen LogP contribution in [0.15, 0.2) is 36.5 Å². The lowest BCUT2D eigenvalue weighted by Gasteiger charge is -2.13. The van der Waals surface area contributed by atoms with E-state index in [4.69, 9.17) is 4.74 Å². The van der Waals surface area contributed by atoms with Gasteiger partial charge in [-0.25, -0.2) is 0 Å². The third-order valence-electron chi connectivity index (χ3n) is 3.08. The summed E-state index contributed by atoms with van der Waals surface area (Å²) >= 11 is 0. The van der Waals surface area contributed by atoms with Crippen LogP contribution in [0.1, 0.15) is 18.1 Å². The van der Waals surface area contributed by atoms with Gasteiger partial charge >= 0.3 is 0 Å². The van der Waals surface area contributed by atoms with Crippen molar-refractivity contribution in [3.8, 4) is 17.0 Å². The van der Waals surface area contributed by atoms with Gasteiger partial charge in [-0.3, -0.25) is 4.98 Å². The highest BCUT2D eigenvalue weighted by atomic mass is 16.5. The Morgan fingerprint density at radius 2 is 2.11 bits per heavy atom. The first kappa shape index (κ1) is 13.6. The zero-order valence-electron chi connectivity index (χ0n) is 11.7. The van der Waals surface area contributed by atoms with Crippen molar-refractivity contribution in [3.63, 3.8) is 0 Å². The van der Waals surface area contributed by atoms with Gasteiger partial charge in [0.1, 0.15) is 11.4 Å². The van der Waals surface area contributed by atoms with Gasteiger partial charge in [-0.2, -0.15) is 0 Å². The van der Waals surface area contributed by atoms with Crippen molar-refractivity contribution in [1.82, 2.24) is 10.3 Å². The van der Waals surface area contributed by atoms with Crippen LogP contribution in [0.3, 0.4) is 0 Å². The molecule has 3 nitrogen and oxygen atoms in total. The molecule has 100 valence electrons. The Morgan fingerprint density at radius 3 is 2.84 bits per heavy atom. The number of aromatic nitrogens is 1. The van der Waals surface area contributed by atoms with Gasteiger partial charge in [0.05, 0.1) is 7.11 Å². The summed E-state index contributed by atoms with van der Waals surface area (Å²) in [5.74, 6) is 0.811. The van der Waals surface area contributed by atoms with Crippen LogP contribution in [-0.2, 0) is 6.54 Å². The third kappa shape index (κ3) is 3.12. The molecule has 2 aromatic rings. The van der Waals surface area contributed by atoms with Crippen LogP contribution in [0, 0.1) is 6.92 Å². The topological polar surface area (TPSA) is 34.2 Å². The maximum absolute atomic E-state index is 5.42. The standard InChI is InChI=1S/C16H20N2O/c1-4-17-11-13-8-7-12(2)10-14(13)16-15(19-3)6-5-9-18-16/h5-10,17H,4,11H2,1-3H3. The number of rotatable bonds is 5. The van der Waals surface area contributed by atoms with Crippen molar-refractivity contribution in [3.05, 3.63) is 47.7 Å². The number of methoxy groups -OCH3 is 1. The zero-order chi connectivity index (χ0) is 13.7. The Balaban J connectivity index is 2.49. The number of hydrogen-bond donors (Lipinski definition) is 1. The number of aryl methyl sites for hydroxylation is 1. The first-order valence-electron chi connectivity index (χ1n) is 6.56. The molecule has 0 saturated carbocycles. The van der Waals surface area contributed by atoms with Crippen LogP contribution in [0.2, 0.25) is 0 Å². The van der Waals surface area contributed by atoms with Gasteiger partial charge in [-0.05, 0) is 37.2 Å². The smallest absolute Gasteiger partial charge is 0.145 e. The molecule has 0 bridgehead atoms. The summed E-state index contributed by atoms with van der Waals surface area (Å²) in [5, 5.41) is 3.36. The summed E-state index contributed by atoms with van der Waals surface area (Å²) in [6.45, 7) is 5.99. The number of hydrogen-bond acceptors (Lipinski definition) is 3. The van der Waals surface area contributed by atoms with Crippen LogP contribution in [0.4, 0.5) is 0 Å². The summed E-state index contributed by atoms with van der Waals surface area (Å²) < 4.78 is 5.42. The summed E-state index contributed by atoms with van der Waals surface area (Å²) in [4.78, 5) is 4.48. The van der Waals surface area contributed by atoms with Gasteiger partial charge in [0.25, 0.3) is 0 Å². The highest BCUT2D eigenvalue weighted by Crippen LogP contribution is 2.30. The molecule has 2 rings (SSSR count). The predicted molar refractivity (Wildman–Crippen MR) is 78.3 cm³/mol. The zero-order valence-corrected chi connectivity index (χ0v) is 11.7. The molecule has 3 heteroatoms. The van der Waals surface area contributed by atoms with E-state index in [1.807, 2.05) is 12.1 Å². The molecule has 19 heavy (non-hydrogen) atoms. The van der Waals surface area contributed by atoms with E-state index in [-0.39, 0.29) is 0 Å². The highest BCUT2D eigenvalue weighted by Gasteiger charge is 2.11. The lowest BCUT2D eigenvalue weighted by atomic mass is 10.0. The Bertz CT molecular complexity index is 552. The van der Waals surface area contributed by atoms with Crippen molar-refractivity contribution in [2.75, 3.05) is 13.7 Å².